The Morgan fingerprint density at radius 1 is 1.61 bits per heavy atom. The standard InChI is InChI=1S/C13H22N4O/c1-9-5-11(6-14)7-16-12(9)17(4)8-10(2)13(18)15-3/h5,7,10H,6,8,14H2,1-4H3,(H,15,18). The summed E-state index contributed by atoms with van der Waals surface area (Å²) in [6.45, 7) is 5.03. The Morgan fingerprint density at radius 2 is 2.28 bits per heavy atom. The number of hydrogen-bond acceptors (Lipinski definition) is 4. The fourth-order valence-corrected chi connectivity index (χ4v) is 1.96. The second-order valence-electron chi connectivity index (χ2n) is 4.58. The van der Waals surface area contributed by atoms with Crippen LogP contribution >= 0.6 is 0 Å². The third kappa shape index (κ3) is 3.43. The number of rotatable bonds is 5. The van der Waals surface area contributed by atoms with E-state index in [-0.39, 0.29) is 11.8 Å². The number of aromatic nitrogens is 1. The maximum atomic E-state index is 11.5. The molecule has 1 unspecified atom stereocenters. The van der Waals surface area contributed by atoms with Crippen molar-refractivity contribution in [2.24, 2.45) is 11.7 Å². The van der Waals surface area contributed by atoms with Gasteiger partial charge in [0.25, 0.3) is 0 Å². The van der Waals surface area contributed by atoms with E-state index in [1.165, 1.54) is 0 Å². The molecule has 0 aliphatic heterocycles. The number of nitrogens with two attached hydrogens (primary N) is 1. The van der Waals surface area contributed by atoms with Crippen LogP contribution in [0.5, 0.6) is 0 Å². The summed E-state index contributed by atoms with van der Waals surface area (Å²) >= 11 is 0. The lowest BCUT2D eigenvalue weighted by atomic mass is 10.1. The molecular weight excluding hydrogens is 228 g/mol. The smallest absolute Gasteiger partial charge is 0.224 e. The molecule has 0 bridgehead atoms. The van der Waals surface area contributed by atoms with Gasteiger partial charge in [-0.15, -0.1) is 0 Å². The average molecular weight is 250 g/mol. The highest BCUT2D eigenvalue weighted by Crippen LogP contribution is 2.17. The molecule has 0 saturated carbocycles. The van der Waals surface area contributed by atoms with E-state index in [9.17, 15) is 4.79 Å². The monoisotopic (exact) mass is 250 g/mol. The van der Waals surface area contributed by atoms with Gasteiger partial charge in [-0.25, -0.2) is 4.98 Å². The summed E-state index contributed by atoms with van der Waals surface area (Å²) < 4.78 is 0. The molecule has 0 spiro atoms. The Bertz CT molecular complexity index is 419. The molecule has 1 amide bonds. The van der Waals surface area contributed by atoms with Crippen LogP contribution in [0, 0.1) is 12.8 Å². The summed E-state index contributed by atoms with van der Waals surface area (Å²) in [4.78, 5) is 17.9. The van der Waals surface area contributed by atoms with Crippen molar-refractivity contribution in [2.75, 3.05) is 25.5 Å². The van der Waals surface area contributed by atoms with Gasteiger partial charge >= 0.3 is 0 Å². The van der Waals surface area contributed by atoms with Crippen LogP contribution in [0.2, 0.25) is 0 Å². The molecule has 0 aliphatic rings. The van der Waals surface area contributed by atoms with Gasteiger partial charge in [0.05, 0.1) is 5.92 Å². The Morgan fingerprint density at radius 3 is 2.78 bits per heavy atom. The van der Waals surface area contributed by atoms with Crippen LogP contribution in [0.15, 0.2) is 12.3 Å². The van der Waals surface area contributed by atoms with Crippen molar-refractivity contribution >= 4 is 11.7 Å². The first-order valence-corrected chi connectivity index (χ1v) is 6.08. The van der Waals surface area contributed by atoms with E-state index in [1.807, 2.05) is 31.9 Å². The maximum absolute atomic E-state index is 11.5. The summed E-state index contributed by atoms with van der Waals surface area (Å²) in [7, 11) is 3.59. The number of nitrogens with zero attached hydrogens (tertiary/aromatic N) is 2. The molecule has 100 valence electrons. The van der Waals surface area contributed by atoms with Crippen LogP contribution in [-0.2, 0) is 11.3 Å². The Balaban J connectivity index is 2.78. The van der Waals surface area contributed by atoms with Gasteiger partial charge in [-0.05, 0) is 24.1 Å². The van der Waals surface area contributed by atoms with Gasteiger partial charge in [0.1, 0.15) is 5.82 Å². The Hall–Kier alpha value is -1.62. The van der Waals surface area contributed by atoms with E-state index < -0.39 is 0 Å². The number of amides is 1. The molecule has 1 aromatic rings. The molecule has 0 radical (unpaired) electrons. The summed E-state index contributed by atoms with van der Waals surface area (Å²) in [5.41, 5.74) is 7.67. The van der Waals surface area contributed by atoms with Gasteiger partial charge < -0.3 is 16.0 Å². The lowest BCUT2D eigenvalue weighted by molar-refractivity contribution is -0.123. The van der Waals surface area contributed by atoms with Crippen LogP contribution in [0.4, 0.5) is 5.82 Å². The highest BCUT2D eigenvalue weighted by molar-refractivity contribution is 5.78. The molecular formula is C13H22N4O. The first-order chi connectivity index (χ1) is 8.49. The highest BCUT2D eigenvalue weighted by Gasteiger charge is 2.15. The van der Waals surface area contributed by atoms with Crippen molar-refractivity contribution < 1.29 is 4.79 Å². The zero-order valence-electron chi connectivity index (χ0n) is 11.5. The van der Waals surface area contributed by atoms with Gasteiger partial charge in [0.2, 0.25) is 5.91 Å². The van der Waals surface area contributed by atoms with E-state index in [0.29, 0.717) is 13.1 Å². The number of hydrogen-bond donors (Lipinski definition) is 2. The Labute approximate surface area is 108 Å². The third-order valence-corrected chi connectivity index (χ3v) is 2.95. The zero-order valence-corrected chi connectivity index (χ0v) is 11.5. The van der Waals surface area contributed by atoms with Crippen molar-refractivity contribution in [3.63, 3.8) is 0 Å². The number of carbonyl (C=O) groups is 1. The second-order valence-corrected chi connectivity index (χ2v) is 4.58. The predicted molar refractivity (Wildman–Crippen MR) is 73.4 cm³/mol. The van der Waals surface area contributed by atoms with Crippen LogP contribution in [0.1, 0.15) is 18.1 Å². The largest absolute Gasteiger partial charge is 0.359 e. The topological polar surface area (TPSA) is 71.2 Å². The first-order valence-electron chi connectivity index (χ1n) is 6.08. The van der Waals surface area contributed by atoms with Gasteiger partial charge in [-0.3, -0.25) is 4.79 Å². The number of aryl methyl sites for hydroxylation is 1. The van der Waals surface area contributed by atoms with Crippen molar-refractivity contribution in [2.45, 2.75) is 20.4 Å². The van der Waals surface area contributed by atoms with Gasteiger partial charge in [0, 0.05) is 33.4 Å². The number of pyridine rings is 1. The van der Waals surface area contributed by atoms with E-state index in [4.69, 9.17) is 5.73 Å². The van der Waals surface area contributed by atoms with Crippen LogP contribution in [-0.4, -0.2) is 31.5 Å². The van der Waals surface area contributed by atoms with Gasteiger partial charge in [-0.2, -0.15) is 0 Å². The molecule has 5 nitrogen and oxygen atoms in total. The zero-order chi connectivity index (χ0) is 13.7. The molecule has 1 heterocycles. The number of carbonyl (C=O) groups excluding carboxylic acids is 1. The van der Waals surface area contributed by atoms with E-state index in [0.717, 1.165) is 16.9 Å². The van der Waals surface area contributed by atoms with Crippen LogP contribution in [0.25, 0.3) is 0 Å². The van der Waals surface area contributed by atoms with Crippen LogP contribution in [0.3, 0.4) is 0 Å². The fourth-order valence-electron chi connectivity index (χ4n) is 1.96. The van der Waals surface area contributed by atoms with Crippen molar-refractivity contribution in [1.29, 1.82) is 0 Å². The highest BCUT2D eigenvalue weighted by atomic mass is 16.1. The minimum Gasteiger partial charge on any atom is -0.359 e. The lowest BCUT2D eigenvalue weighted by Gasteiger charge is -2.23. The summed E-state index contributed by atoms with van der Waals surface area (Å²) in [5, 5.41) is 2.65. The molecule has 1 aromatic heterocycles. The van der Waals surface area contributed by atoms with Crippen molar-refractivity contribution in [1.82, 2.24) is 10.3 Å². The molecule has 1 rings (SSSR count). The van der Waals surface area contributed by atoms with E-state index in [2.05, 4.69) is 10.3 Å². The molecule has 0 fully saturated rings. The minimum absolute atomic E-state index is 0.0399. The molecule has 0 aliphatic carbocycles. The van der Waals surface area contributed by atoms with E-state index >= 15 is 0 Å². The lowest BCUT2D eigenvalue weighted by Crippen LogP contribution is -2.35. The predicted octanol–water partition coefficient (Wildman–Crippen LogP) is 0.667. The molecule has 18 heavy (non-hydrogen) atoms. The molecule has 0 aromatic carbocycles. The summed E-state index contributed by atoms with van der Waals surface area (Å²) in [6.07, 6.45) is 1.78. The van der Waals surface area contributed by atoms with Gasteiger partial charge in [0.15, 0.2) is 0 Å². The minimum atomic E-state index is -0.0737. The average Bonchev–Trinajstić information content (AvgIpc) is 2.37. The number of anilines is 1. The first kappa shape index (κ1) is 14.4. The quantitative estimate of drug-likeness (QED) is 0.805. The molecule has 5 heteroatoms. The summed E-state index contributed by atoms with van der Waals surface area (Å²) in [5.74, 6) is 0.858. The summed E-state index contributed by atoms with van der Waals surface area (Å²) in [6, 6.07) is 2.03. The second kappa shape index (κ2) is 6.35. The molecule has 0 saturated heterocycles. The third-order valence-electron chi connectivity index (χ3n) is 2.95. The normalized spacial score (nSPS) is 12.1. The van der Waals surface area contributed by atoms with Crippen LogP contribution < -0.4 is 16.0 Å². The fraction of sp³-hybridized carbons (Fsp3) is 0.538. The Kier molecular flexibility index (Phi) is 5.09. The number of nitrogens with one attached hydrogen (secondary N) is 1. The molecule has 1 atom stereocenters. The SMILES string of the molecule is CNC(=O)C(C)CN(C)c1ncc(CN)cc1C. The molecule has 3 N–H and O–H groups in total. The van der Waals surface area contributed by atoms with Crippen molar-refractivity contribution in [3.8, 4) is 0 Å². The van der Waals surface area contributed by atoms with Crippen molar-refractivity contribution in [3.05, 3.63) is 23.4 Å². The maximum Gasteiger partial charge on any atom is 0.224 e. The van der Waals surface area contributed by atoms with E-state index in [1.54, 1.807) is 13.2 Å². The van der Waals surface area contributed by atoms with Gasteiger partial charge in [-0.1, -0.05) is 6.92 Å².